The minimum absolute atomic E-state index is 0.231. The minimum atomic E-state index is -0.686. The van der Waals surface area contributed by atoms with Crippen molar-refractivity contribution in [2.45, 2.75) is 46.3 Å². The summed E-state index contributed by atoms with van der Waals surface area (Å²) in [6.45, 7) is 9.08. The Morgan fingerprint density at radius 3 is 2.55 bits per heavy atom. The van der Waals surface area contributed by atoms with Crippen molar-refractivity contribution in [2.24, 2.45) is 5.41 Å². The monoisotopic (exact) mass is 455 g/mol. The van der Waals surface area contributed by atoms with Crippen LogP contribution >= 0.6 is 0 Å². The number of nitrogens with one attached hydrogen (secondary N) is 2. The maximum absolute atomic E-state index is 13.5. The molecule has 9 nitrogen and oxygen atoms in total. The zero-order valence-electron chi connectivity index (χ0n) is 20.0. The summed E-state index contributed by atoms with van der Waals surface area (Å²) >= 11 is 0. The fourth-order valence-electron chi connectivity index (χ4n) is 4.32. The number of carbonyl (C=O) groups excluding carboxylic acids is 2. The molecule has 0 spiro atoms. The first-order valence-corrected chi connectivity index (χ1v) is 11.4. The Kier molecular flexibility index (Phi) is 6.34. The molecule has 33 heavy (non-hydrogen) atoms. The van der Waals surface area contributed by atoms with E-state index in [0.29, 0.717) is 37.0 Å². The highest BCUT2D eigenvalue weighted by Crippen LogP contribution is 2.35. The predicted molar refractivity (Wildman–Crippen MR) is 124 cm³/mol. The summed E-state index contributed by atoms with van der Waals surface area (Å²) in [6.07, 6.45) is 0.946. The Morgan fingerprint density at radius 1 is 1.12 bits per heavy atom. The van der Waals surface area contributed by atoms with Gasteiger partial charge in [0, 0.05) is 25.7 Å². The van der Waals surface area contributed by atoms with Gasteiger partial charge >= 0.3 is 0 Å². The number of nitrogens with zero attached hydrogens (tertiary/aromatic N) is 3. The van der Waals surface area contributed by atoms with E-state index in [1.165, 1.54) is 0 Å². The summed E-state index contributed by atoms with van der Waals surface area (Å²) < 4.78 is 13.5. The predicted octanol–water partition coefficient (Wildman–Crippen LogP) is 2.05. The van der Waals surface area contributed by atoms with Crippen LogP contribution in [-0.2, 0) is 17.9 Å². The molecular weight excluding hydrogens is 422 g/mol. The maximum atomic E-state index is 13.5. The van der Waals surface area contributed by atoms with Gasteiger partial charge in [0.15, 0.2) is 17.2 Å². The minimum Gasteiger partial charge on any atom is -0.486 e. The van der Waals surface area contributed by atoms with Gasteiger partial charge in [-0.2, -0.15) is 0 Å². The van der Waals surface area contributed by atoms with Gasteiger partial charge in [0.2, 0.25) is 5.91 Å². The molecule has 0 radical (unpaired) electrons. The van der Waals surface area contributed by atoms with Crippen molar-refractivity contribution in [1.29, 1.82) is 0 Å². The van der Waals surface area contributed by atoms with E-state index in [2.05, 4.69) is 20.1 Å². The van der Waals surface area contributed by atoms with Gasteiger partial charge in [0.1, 0.15) is 25.1 Å². The van der Waals surface area contributed by atoms with Crippen LogP contribution in [0.2, 0.25) is 0 Å². The van der Waals surface area contributed by atoms with Crippen molar-refractivity contribution < 1.29 is 19.1 Å². The molecular formula is C24H33N5O4. The number of hydrogen-bond donors (Lipinski definition) is 2. The van der Waals surface area contributed by atoms with Crippen molar-refractivity contribution in [1.82, 2.24) is 25.1 Å². The quantitative estimate of drug-likeness (QED) is 0.732. The van der Waals surface area contributed by atoms with Gasteiger partial charge in [-0.15, -0.1) is 0 Å². The lowest BCUT2D eigenvalue weighted by Gasteiger charge is -2.29. The lowest BCUT2D eigenvalue weighted by atomic mass is 9.86. The number of ether oxygens (including phenoxy) is 2. The van der Waals surface area contributed by atoms with E-state index < -0.39 is 11.5 Å². The number of carbonyl (C=O) groups is 2. The third-order valence-electron chi connectivity index (χ3n) is 6.08. The second-order valence-electron chi connectivity index (χ2n) is 9.72. The molecule has 9 heteroatoms. The van der Waals surface area contributed by atoms with Crippen LogP contribution in [0.3, 0.4) is 0 Å². The van der Waals surface area contributed by atoms with Crippen LogP contribution in [0.25, 0.3) is 11.4 Å². The molecule has 1 aromatic heterocycles. The highest BCUT2D eigenvalue weighted by Gasteiger charge is 2.34. The zero-order valence-corrected chi connectivity index (χ0v) is 20.0. The van der Waals surface area contributed by atoms with E-state index in [4.69, 9.17) is 14.5 Å². The van der Waals surface area contributed by atoms with E-state index in [1.807, 2.05) is 46.0 Å². The molecule has 2 aliphatic rings. The number of aromatic nitrogens is 2. The Bertz CT molecular complexity index is 1060. The Hall–Kier alpha value is -3.07. The average molecular weight is 456 g/mol. The molecule has 0 fully saturated rings. The Morgan fingerprint density at radius 2 is 1.85 bits per heavy atom. The van der Waals surface area contributed by atoms with E-state index in [-0.39, 0.29) is 11.8 Å². The lowest BCUT2D eigenvalue weighted by molar-refractivity contribution is -0.124. The molecule has 1 atom stereocenters. The first kappa shape index (κ1) is 23.1. The number of likely N-dealkylation sites (N-methyl/N-ethyl adjacent to an activating group) is 1. The van der Waals surface area contributed by atoms with Crippen LogP contribution in [0.1, 0.15) is 43.4 Å². The molecule has 178 valence electrons. The highest BCUT2D eigenvalue weighted by molar-refractivity contribution is 5.98. The number of fused-ring (bicyclic) bond motifs is 2. The van der Waals surface area contributed by atoms with Crippen LogP contribution in [0.15, 0.2) is 18.2 Å². The zero-order chi connectivity index (χ0) is 23.8. The summed E-state index contributed by atoms with van der Waals surface area (Å²) in [7, 11) is 3.61. The molecule has 2 N–H and O–H groups in total. The normalized spacial score (nSPS) is 17.0. The summed E-state index contributed by atoms with van der Waals surface area (Å²) in [6, 6.07) is 5.06. The molecule has 0 saturated heterocycles. The summed E-state index contributed by atoms with van der Waals surface area (Å²) in [5, 5.41) is 5.59. The molecule has 3 heterocycles. The Labute approximate surface area is 194 Å². The van der Waals surface area contributed by atoms with E-state index >= 15 is 0 Å². The fraction of sp³-hybridized carbons (Fsp3) is 0.542. The molecule has 2 aliphatic heterocycles. The van der Waals surface area contributed by atoms with Gasteiger partial charge in [-0.3, -0.25) is 9.59 Å². The van der Waals surface area contributed by atoms with E-state index in [0.717, 1.165) is 36.6 Å². The van der Waals surface area contributed by atoms with E-state index in [1.54, 1.807) is 7.05 Å². The van der Waals surface area contributed by atoms with Crippen molar-refractivity contribution in [2.75, 3.05) is 33.9 Å². The standard InChI is InChI=1S/C24H33N5O4/c1-24(2,3)20(23(31)25-4)27-22(30)19-16-14-28(5)9-6-10-29(16)21(26-19)15-7-8-17-18(13-15)33-12-11-32-17/h7-8,13,20H,6,9-12,14H2,1-5H3,(H,25,31)(H,27,30)/t20-/m1/s1. The Balaban J connectivity index is 1.75. The molecule has 1 aromatic carbocycles. The molecule has 0 unspecified atom stereocenters. The van der Waals surface area contributed by atoms with Crippen molar-refractivity contribution in [3.8, 4) is 22.9 Å². The highest BCUT2D eigenvalue weighted by atomic mass is 16.6. The first-order chi connectivity index (χ1) is 15.7. The maximum Gasteiger partial charge on any atom is 0.272 e. The van der Waals surface area contributed by atoms with Gasteiger partial charge < -0.3 is 29.6 Å². The smallest absolute Gasteiger partial charge is 0.272 e. The summed E-state index contributed by atoms with van der Waals surface area (Å²) in [4.78, 5) is 32.9. The third-order valence-corrected chi connectivity index (χ3v) is 6.08. The van der Waals surface area contributed by atoms with Gasteiger partial charge in [-0.1, -0.05) is 20.8 Å². The van der Waals surface area contributed by atoms with Gasteiger partial charge in [-0.25, -0.2) is 4.98 Å². The van der Waals surface area contributed by atoms with Gasteiger partial charge in [0.25, 0.3) is 5.91 Å². The SMILES string of the molecule is CNC(=O)[C@@H](NC(=O)c1nc(-c2ccc3c(c2)OCCO3)n2c1CN(C)CCC2)C(C)(C)C. The van der Waals surface area contributed by atoms with Crippen LogP contribution in [0.5, 0.6) is 11.5 Å². The molecule has 0 bridgehead atoms. The lowest BCUT2D eigenvalue weighted by Crippen LogP contribution is -2.53. The summed E-state index contributed by atoms with van der Waals surface area (Å²) in [5.41, 5.74) is 1.61. The van der Waals surface area contributed by atoms with Gasteiger partial charge in [-0.05, 0) is 43.6 Å². The molecule has 2 amide bonds. The summed E-state index contributed by atoms with van der Waals surface area (Å²) in [5.74, 6) is 1.53. The number of rotatable bonds is 4. The topological polar surface area (TPSA) is 97.7 Å². The number of benzene rings is 1. The van der Waals surface area contributed by atoms with E-state index in [9.17, 15) is 9.59 Å². The van der Waals surface area contributed by atoms with Crippen molar-refractivity contribution in [3.63, 3.8) is 0 Å². The third kappa shape index (κ3) is 4.68. The van der Waals surface area contributed by atoms with Crippen LogP contribution < -0.4 is 20.1 Å². The molecule has 0 aliphatic carbocycles. The number of hydrogen-bond acceptors (Lipinski definition) is 6. The number of amides is 2. The van der Waals surface area contributed by atoms with Gasteiger partial charge in [0.05, 0.1) is 5.69 Å². The first-order valence-electron chi connectivity index (χ1n) is 11.4. The molecule has 4 rings (SSSR count). The second-order valence-corrected chi connectivity index (χ2v) is 9.72. The molecule has 0 saturated carbocycles. The van der Waals surface area contributed by atoms with Crippen molar-refractivity contribution >= 4 is 11.8 Å². The molecule has 2 aromatic rings. The van der Waals surface area contributed by atoms with Crippen LogP contribution in [0, 0.1) is 5.41 Å². The largest absolute Gasteiger partial charge is 0.486 e. The number of imidazole rings is 1. The fourth-order valence-corrected chi connectivity index (χ4v) is 4.32. The second kappa shape index (κ2) is 9.05. The average Bonchev–Trinajstić information content (AvgIpc) is 3.02. The van der Waals surface area contributed by atoms with Crippen LogP contribution in [0.4, 0.5) is 0 Å². The van der Waals surface area contributed by atoms with Crippen LogP contribution in [-0.4, -0.2) is 66.2 Å². The van der Waals surface area contributed by atoms with Crippen molar-refractivity contribution in [3.05, 3.63) is 29.6 Å².